The second-order valence-corrected chi connectivity index (χ2v) is 5.23. The molecule has 100 valence electrons. The molecule has 2 heterocycles. The van der Waals surface area contributed by atoms with E-state index in [2.05, 4.69) is 17.6 Å². The topological polar surface area (TPSA) is 46.1 Å². The Morgan fingerprint density at radius 1 is 1.61 bits per heavy atom. The zero-order chi connectivity index (χ0) is 13.0. The third kappa shape index (κ3) is 2.75. The number of rotatable bonds is 5. The number of hydrogen-bond donors (Lipinski definition) is 2. The summed E-state index contributed by atoms with van der Waals surface area (Å²) in [6, 6.07) is 2.04. The summed E-state index contributed by atoms with van der Waals surface area (Å²) in [5.41, 5.74) is 0.833. The highest BCUT2D eigenvalue weighted by atomic mass is 16.2. The lowest BCUT2D eigenvalue weighted by atomic mass is 9.91. The van der Waals surface area contributed by atoms with E-state index in [1.165, 1.54) is 0 Å². The smallest absolute Gasteiger partial charge is 0.240 e. The number of aromatic nitrogens is 1. The molecule has 0 saturated carbocycles. The first-order valence-corrected chi connectivity index (χ1v) is 6.80. The van der Waals surface area contributed by atoms with Gasteiger partial charge in [0, 0.05) is 26.0 Å². The van der Waals surface area contributed by atoms with E-state index in [1.807, 2.05) is 30.1 Å². The summed E-state index contributed by atoms with van der Waals surface area (Å²) in [4.78, 5) is 12.4. The van der Waals surface area contributed by atoms with Crippen LogP contribution in [0.3, 0.4) is 0 Å². The summed E-state index contributed by atoms with van der Waals surface area (Å²) < 4.78 is 2.00. The summed E-state index contributed by atoms with van der Waals surface area (Å²) in [5, 5.41) is 6.46. The molecular formula is C14H23N3O. The van der Waals surface area contributed by atoms with E-state index in [-0.39, 0.29) is 11.4 Å². The Balaban J connectivity index is 1.93. The Labute approximate surface area is 109 Å². The number of carbonyl (C=O) groups excluding carboxylic acids is 1. The standard InChI is InChI=1S/C14H23N3O/c1-3-6-14(7-4-8-16-14)13(18)15-10-12-5-9-17(2)11-12/h5,9,11,16H,3-4,6-8,10H2,1-2H3,(H,15,18). The molecule has 1 aliphatic heterocycles. The summed E-state index contributed by atoms with van der Waals surface area (Å²) in [6.07, 6.45) is 8.05. The molecule has 1 aromatic heterocycles. The van der Waals surface area contributed by atoms with E-state index in [9.17, 15) is 4.79 Å². The average Bonchev–Trinajstić information content (AvgIpc) is 2.97. The quantitative estimate of drug-likeness (QED) is 0.832. The Morgan fingerprint density at radius 2 is 2.44 bits per heavy atom. The van der Waals surface area contributed by atoms with Gasteiger partial charge in [-0.3, -0.25) is 4.79 Å². The van der Waals surface area contributed by atoms with Crippen molar-refractivity contribution in [1.29, 1.82) is 0 Å². The van der Waals surface area contributed by atoms with E-state index < -0.39 is 0 Å². The first-order valence-electron chi connectivity index (χ1n) is 6.80. The molecule has 0 aromatic carbocycles. The van der Waals surface area contributed by atoms with Gasteiger partial charge in [0.25, 0.3) is 0 Å². The maximum atomic E-state index is 12.4. The van der Waals surface area contributed by atoms with E-state index in [0.717, 1.165) is 37.8 Å². The fourth-order valence-electron chi connectivity index (χ4n) is 2.77. The molecule has 1 atom stereocenters. The van der Waals surface area contributed by atoms with Gasteiger partial charge in [0.15, 0.2) is 0 Å². The number of nitrogens with zero attached hydrogens (tertiary/aromatic N) is 1. The summed E-state index contributed by atoms with van der Waals surface area (Å²) in [5.74, 6) is 0.158. The molecule has 1 unspecified atom stereocenters. The van der Waals surface area contributed by atoms with Crippen LogP contribution >= 0.6 is 0 Å². The van der Waals surface area contributed by atoms with Crippen molar-refractivity contribution in [2.75, 3.05) is 6.54 Å². The summed E-state index contributed by atoms with van der Waals surface area (Å²) >= 11 is 0. The Hall–Kier alpha value is -1.29. The van der Waals surface area contributed by atoms with Crippen LogP contribution in [0.5, 0.6) is 0 Å². The van der Waals surface area contributed by atoms with Crippen LogP contribution in [0.1, 0.15) is 38.2 Å². The molecule has 0 bridgehead atoms. The van der Waals surface area contributed by atoms with Gasteiger partial charge in [0.1, 0.15) is 0 Å². The molecule has 1 amide bonds. The third-order valence-electron chi connectivity index (χ3n) is 3.70. The lowest BCUT2D eigenvalue weighted by Crippen LogP contribution is -2.53. The predicted molar refractivity (Wildman–Crippen MR) is 72.1 cm³/mol. The minimum atomic E-state index is -0.316. The Morgan fingerprint density at radius 3 is 3.00 bits per heavy atom. The Bertz CT molecular complexity index is 405. The van der Waals surface area contributed by atoms with Crippen LogP contribution in [-0.4, -0.2) is 22.6 Å². The third-order valence-corrected chi connectivity index (χ3v) is 3.70. The first kappa shape index (κ1) is 13.1. The molecule has 2 rings (SSSR count). The van der Waals surface area contributed by atoms with Gasteiger partial charge in [-0.1, -0.05) is 13.3 Å². The van der Waals surface area contributed by atoms with Crippen LogP contribution in [0.2, 0.25) is 0 Å². The molecule has 18 heavy (non-hydrogen) atoms. The normalized spacial score (nSPS) is 23.2. The van der Waals surface area contributed by atoms with E-state index in [1.54, 1.807) is 0 Å². The highest BCUT2D eigenvalue weighted by Gasteiger charge is 2.39. The minimum absolute atomic E-state index is 0.158. The molecule has 0 aliphatic carbocycles. The van der Waals surface area contributed by atoms with Crippen LogP contribution in [0.25, 0.3) is 0 Å². The van der Waals surface area contributed by atoms with Crippen LogP contribution in [0.4, 0.5) is 0 Å². The minimum Gasteiger partial charge on any atom is -0.357 e. The van der Waals surface area contributed by atoms with Crippen molar-refractivity contribution in [2.45, 2.75) is 44.7 Å². The van der Waals surface area contributed by atoms with Crippen LogP contribution < -0.4 is 10.6 Å². The van der Waals surface area contributed by atoms with Gasteiger partial charge >= 0.3 is 0 Å². The van der Waals surface area contributed by atoms with Crippen LogP contribution in [0.15, 0.2) is 18.5 Å². The molecule has 0 radical (unpaired) electrons. The molecule has 1 aromatic rings. The van der Waals surface area contributed by atoms with Crippen LogP contribution in [-0.2, 0) is 18.4 Å². The molecule has 1 saturated heterocycles. The molecule has 4 heteroatoms. The van der Waals surface area contributed by atoms with E-state index in [4.69, 9.17) is 0 Å². The van der Waals surface area contributed by atoms with Crippen molar-refractivity contribution in [3.8, 4) is 0 Å². The van der Waals surface area contributed by atoms with Gasteiger partial charge in [-0.15, -0.1) is 0 Å². The van der Waals surface area contributed by atoms with E-state index in [0.29, 0.717) is 6.54 Å². The number of nitrogens with one attached hydrogen (secondary N) is 2. The molecule has 1 aliphatic rings. The van der Waals surface area contributed by atoms with Gasteiger partial charge in [-0.2, -0.15) is 0 Å². The largest absolute Gasteiger partial charge is 0.357 e. The number of aryl methyl sites for hydroxylation is 1. The van der Waals surface area contributed by atoms with Crippen molar-refractivity contribution in [1.82, 2.24) is 15.2 Å². The lowest BCUT2D eigenvalue weighted by molar-refractivity contribution is -0.127. The lowest BCUT2D eigenvalue weighted by Gasteiger charge is -2.27. The van der Waals surface area contributed by atoms with Gasteiger partial charge in [0.2, 0.25) is 5.91 Å². The zero-order valence-electron chi connectivity index (χ0n) is 11.3. The number of amides is 1. The monoisotopic (exact) mass is 249 g/mol. The fourth-order valence-corrected chi connectivity index (χ4v) is 2.77. The summed E-state index contributed by atoms with van der Waals surface area (Å²) in [7, 11) is 1.99. The van der Waals surface area contributed by atoms with Gasteiger partial charge in [-0.25, -0.2) is 0 Å². The summed E-state index contributed by atoms with van der Waals surface area (Å²) in [6.45, 7) is 3.71. The molecule has 2 N–H and O–H groups in total. The van der Waals surface area contributed by atoms with Crippen LogP contribution in [0, 0.1) is 0 Å². The molecular weight excluding hydrogens is 226 g/mol. The molecule has 1 fully saturated rings. The Kier molecular flexibility index (Phi) is 4.07. The maximum absolute atomic E-state index is 12.4. The van der Waals surface area contributed by atoms with Gasteiger partial charge in [-0.05, 0) is 37.4 Å². The predicted octanol–water partition coefficient (Wildman–Crippen LogP) is 1.56. The highest BCUT2D eigenvalue weighted by molar-refractivity contribution is 5.86. The fraction of sp³-hybridized carbons (Fsp3) is 0.643. The molecule has 4 nitrogen and oxygen atoms in total. The van der Waals surface area contributed by atoms with Gasteiger partial charge < -0.3 is 15.2 Å². The second kappa shape index (κ2) is 5.57. The van der Waals surface area contributed by atoms with E-state index >= 15 is 0 Å². The van der Waals surface area contributed by atoms with Crippen molar-refractivity contribution >= 4 is 5.91 Å². The van der Waals surface area contributed by atoms with Crippen molar-refractivity contribution in [3.63, 3.8) is 0 Å². The van der Waals surface area contributed by atoms with Gasteiger partial charge in [0.05, 0.1) is 5.54 Å². The first-order chi connectivity index (χ1) is 8.66. The number of carbonyl (C=O) groups is 1. The SMILES string of the molecule is CCCC1(C(=O)NCc2ccn(C)c2)CCCN1. The van der Waals surface area contributed by atoms with Crippen molar-refractivity contribution in [3.05, 3.63) is 24.0 Å². The second-order valence-electron chi connectivity index (χ2n) is 5.23. The number of hydrogen-bond acceptors (Lipinski definition) is 2. The maximum Gasteiger partial charge on any atom is 0.240 e. The average molecular weight is 249 g/mol. The molecule has 0 spiro atoms. The van der Waals surface area contributed by atoms with Crippen molar-refractivity contribution in [2.24, 2.45) is 7.05 Å². The van der Waals surface area contributed by atoms with Crippen molar-refractivity contribution < 1.29 is 4.79 Å². The zero-order valence-corrected chi connectivity index (χ0v) is 11.3. The highest BCUT2D eigenvalue weighted by Crippen LogP contribution is 2.25.